The molecule has 4 nitrogen and oxygen atoms in total. The molecule has 0 fully saturated rings. The Labute approximate surface area is 151 Å². The van der Waals surface area contributed by atoms with E-state index >= 15 is 0 Å². The number of aryl methyl sites for hydroxylation is 1. The van der Waals surface area contributed by atoms with Gasteiger partial charge in [-0.3, -0.25) is 9.59 Å². The molecule has 0 aliphatic carbocycles. The van der Waals surface area contributed by atoms with Crippen LogP contribution in [0.4, 0.5) is 0 Å². The van der Waals surface area contributed by atoms with Crippen LogP contribution in [0.25, 0.3) is 0 Å². The Kier molecular flexibility index (Phi) is 6.55. The van der Waals surface area contributed by atoms with E-state index in [9.17, 15) is 9.59 Å². The Morgan fingerprint density at radius 3 is 2.46 bits per heavy atom. The molecule has 2 aromatic rings. The maximum atomic E-state index is 12.2. The van der Waals surface area contributed by atoms with Crippen LogP contribution in [-0.4, -0.2) is 30.3 Å². The average Bonchev–Trinajstić information content (AvgIpc) is 2.57. The Bertz CT molecular complexity index is 731. The van der Waals surface area contributed by atoms with Crippen molar-refractivity contribution >= 4 is 27.7 Å². The number of hydrogen-bond acceptors (Lipinski definition) is 2. The minimum atomic E-state index is -0.144. The van der Waals surface area contributed by atoms with Crippen LogP contribution in [0.2, 0.25) is 0 Å². The van der Waals surface area contributed by atoms with E-state index in [2.05, 4.69) is 21.2 Å². The van der Waals surface area contributed by atoms with Crippen molar-refractivity contribution in [2.45, 2.75) is 19.9 Å². The summed E-state index contributed by atoms with van der Waals surface area (Å²) in [7, 11) is 1.77. The molecule has 24 heavy (non-hydrogen) atoms. The first-order valence-electron chi connectivity index (χ1n) is 7.80. The lowest BCUT2D eigenvalue weighted by Crippen LogP contribution is -2.32. The number of rotatable bonds is 6. The average molecular weight is 389 g/mol. The predicted octanol–water partition coefficient (Wildman–Crippen LogP) is 3.54. The summed E-state index contributed by atoms with van der Waals surface area (Å²) < 4.78 is 0.984. The number of benzene rings is 2. The highest BCUT2D eigenvalue weighted by molar-refractivity contribution is 9.10. The topological polar surface area (TPSA) is 49.4 Å². The highest BCUT2D eigenvalue weighted by Gasteiger charge is 2.12. The molecule has 0 unspecified atom stereocenters. The maximum Gasteiger partial charge on any atom is 0.251 e. The van der Waals surface area contributed by atoms with Gasteiger partial charge in [0, 0.05) is 36.6 Å². The SMILES string of the molecule is Cc1ccccc1C(=O)NCCC(=O)N(C)Cc1ccccc1Br. The predicted molar refractivity (Wildman–Crippen MR) is 98.7 cm³/mol. The molecule has 2 amide bonds. The molecule has 126 valence electrons. The molecule has 0 bridgehead atoms. The van der Waals surface area contributed by atoms with Gasteiger partial charge >= 0.3 is 0 Å². The highest BCUT2D eigenvalue weighted by atomic mass is 79.9. The van der Waals surface area contributed by atoms with Crippen LogP contribution in [-0.2, 0) is 11.3 Å². The summed E-state index contributed by atoms with van der Waals surface area (Å²) in [6.45, 7) is 2.75. The Balaban J connectivity index is 1.82. The molecule has 1 N–H and O–H groups in total. The molecule has 2 rings (SSSR count). The van der Waals surface area contributed by atoms with E-state index in [1.807, 2.05) is 49.4 Å². The van der Waals surface area contributed by atoms with E-state index in [1.165, 1.54) is 0 Å². The van der Waals surface area contributed by atoms with Gasteiger partial charge in [0.2, 0.25) is 5.91 Å². The molecular formula is C19H21BrN2O2. The number of carbonyl (C=O) groups is 2. The van der Waals surface area contributed by atoms with Gasteiger partial charge in [-0.05, 0) is 30.2 Å². The number of carbonyl (C=O) groups excluding carboxylic acids is 2. The van der Waals surface area contributed by atoms with Gasteiger partial charge in [-0.1, -0.05) is 52.3 Å². The number of nitrogens with one attached hydrogen (secondary N) is 1. The van der Waals surface area contributed by atoms with E-state index in [4.69, 9.17) is 0 Å². The number of hydrogen-bond donors (Lipinski definition) is 1. The summed E-state index contributed by atoms with van der Waals surface area (Å²) in [5.41, 5.74) is 2.62. The highest BCUT2D eigenvalue weighted by Crippen LogP contribution is 2.17. The van der Waals surface area contributed by atoms with Crippen molar-refractivity contribution in [2.75, 3.05) is 13.6 Å². The molecule has 0 atom stereocenters. The van der Waals surface area contributed by atoms with Crippen molar-refractivity contribution in [1.29, 1.82) is 0 Å². The fourth-order valence-electron chi connectivity index (χ4n) is 2.37. The lowest BCUT2D eigenvalue weighted by molar-refractivity contribution is -0.130. The van der Waals surface area contributed by atoms with Crippen molar-refractivity contribution in [1.82, 2.24) is 10.2 Å². The van der Waals surface area contributed by atoms with Gasteiger partial charge in [0.25, 0.3) is 5.91 Å². The first-order valence-corrected chi connectivity index (χ1v) is 8.59. The largest absolute Gasteiger partial charge is 0.352 e. The van der Waals surface area contributed by atoms with Crippen molar-refractivity contribution < 1.29 is 9.59 Å². The zero-order valence-electron chi connectivity index (χ0n) is 13.9. The van der Waals surface area contributed by atoms with E-state index in [0.29, 0.717) is 18.7 Å². The molecule has 0 aromatic heterocycles. The number of nitrogens with zero attached hydrogens (tertiary/aromatic N) is 1. The molecule has 0 saturated heterocycles. The minimum Gasteiger partial charge on any atom is -0.352 e. The maximum absolute atomic E-state index is 12.2. The smallest absolute Gasteiger partial charge is 0.251 e. The second-order valence-corrected chi connectivity index (χ2v) is 6.52. The lowest BCUT2D eigenvalue weighted by Gasteiger charge is -2.18. The number of halogens is 1. The normalized spacial score (nSPS) is 10.3. The molecule has 2 aromatic carbocycles. The first-order chi connectivity index (χ1) is 11.5. The molecule has 0 aliphatic rings. The second kappa shape index (κ2) is 8.64. The monoisotopic (exact) mass is 388 g/mol. The minimum absolute atomic E-state index is 0.00385. The molecule has 5 heteroatoms. The molecule has 0 spiro atoms. The van der Waals surface area contributed by atoms with Crippen LogP contribution in [0.15, 0.2) is 53.0 Å². The van der Waals surface area contributed by atoms with Gasteiger partial charge in [-0.25, -0.2) is 0 Å². The van der Waals surface area contributed by atoms with Crippen LogP contribution in [0.5, 0.6) is 0 Å². The molecule has 0 saturated carbocycles. The van der Waals surface area contributed by atoms with Crippen molar-refractivity contribution in [2.24, 2.45) is 0 Å². The number of amides is 2. The third kappa shape index (κ3) is 4.93. The Morgan fingerprint density at radius 2 is 1.75 bits per heavy atom. The molecule has 0 radical (unpaired) electrons. The van der Waals surface area contributed by atoms with Crippen LogP contribution in [0.3, 0.4) is 0 Å². The van der Waals surface area contributed by atoms with Crippen molar-refractivity contribution in [3.63, 3.8) is 0 Å². The fourth-order valence-corrected chi connectivity index (χ4v) is 2.78. The van der Waals surface area contributed by atoms with Crippen LogP contribution >= 0.6 is 15.9 Å². The zero-order chi connectivity index (χ0) is 17.5. The van der Waals surface area contributed by atoms with Crippen molar-refractivity contribution in [3.8, 4) is 0 Å². The quantitative estimate of drug-likeness (QED) is 0.822. The summed E-state index contributed by atoms with van der Waals surface area (Å²) in [5, 5.41) is 2.81. The van der Waals surface area contributed by atoms with E-state index in [-0.39, 0.29) is 18.2 Å². The zero-order valence-corrected chi connectivity index (χ0v) is 15.5. The van der Waals surface area contributed by atoms with Gasteiger partial charge < -0.3 is 10.2 Å². The lowest BCUT2D eigenvalue weighted by atomic mass is 10.1. The Morgan fingerprint density at radius 1 is 1.08 bits per heavy atom. The first kappa shape index (κ1) is 18.2. The van der Waals surface area contributed by atoms with Crippen molar-refractivity contribution in [3.05, 3.63) is 69.7 Å². The van der Waals surface area contributed by atoms with Gasteiger partial charge in [-0.15, -0.1) is 0 Å². The standard InChI is InChI=1S/C19H21BrN2O2/c1-14-7-3-5-9-16(14)19(24)21-12-11-18(23)22(2)13-15-8-4-6-10-17(15)20/h3-10H,11-13H2,1-2H3,(H,21,24). The summed E-state index contributed by atoms with van der Waals surface area (Å²) in [4.78, 5) is 26.0. The summed E-state index contributed by atoms with van der Waals surface area (Å²) >= 11 is 3.48. The third-order valence-corrected chi connectivity index (χ3v) is 4.58. The molecule has 0 heterocycles. The van der Waals surface area contributed by atoms with Crippen LogP contribution < -0.4 is 5.32 Å². The van der Waals surface area contributed by atoms with Crippen LogP contribution in [0.1, 0.15) is 27.9 Å². The van der Waals surface area contributed by atoms with Gasteiger partial charge in [0.15, 0.2) is 0 Å². The molecular weight excluding hydrogens is 368 g/mol. The van der Waals surface area contributed by atoms with Gasteiger partial charge in [-0.2, -0.15) is 0 Å². The summed E-state index contributed by atoms with van der Waals surface area (Å²) in [6.07, 6.45) is 0.276. The second-order valence-electron chi connectivity index (χ2n) is 5.66. The van der Waals surface area contributed by atoms with E-state index < -0.39 is 0 Å². The van der Waals surface area contributed by atoms with Gasteiger partial charge in [0.05, 0.1) is 0 Å². The van der Waals surface area contributed by atoms with E-state index in [1.54, 1.807) is 18.0 Å². The summed E-state index contributed by atoms with van der Waals surface area (Å²) in [5.74, 6) is -0.148. The van der Waals surface area contributed by atoms with Crippen LogP contribution in [0, 0.1) is 6.92 Å². The molecule has 0 aliphatic heterocycles. The Hall–Kier alpha value is -2.14. The van der Waals surface area contributed by atoms with Gasteiger partial charge in [0.1, 0.15) is 0 Å². The fraction of sp³-hybridized carbons (Fsp3) is 0.263. The van der Waals surface area contributed by atoms with E-state index in [0.717, 1.165) is 15.6 Å². The summed E-state index contributed by atoms with van der Waals surface area (Å²) in [6, 6.07) is 15.2. The third-order valence-electron chi connectivity index (χ3n) is 3.81.